The Morgan fingerprint density at radius 3 is 2.48 bits per heavy atom. The average molecular weight is 454 g/mol. The Kier molecular flexibility index (Phi) is 9.78. The molecule has 178 valence electrons. The van der Waals surface area contributed by atoms with Crippen molar-refractivity contribution in [3.05, 3.63) is 53.6 Å². The number of rotatable bonds is 13. The summed E-state index contributed by atoms with van der Waals surface area (Å²) in [6.45, 7) is 8.69. The summed E-state index contributed by atoms with van der Waals surface area (Å²) >= 11 is 0. The smallest absolute Gasteiger partial charge is 0.331 e. The summed E-state index contributed by atoms with van der Waals surface area (Å²) in [6, 6.07) is 14.2. The van der Waals surface area contributed by atoms with E-state index in [4.69, 9.17) is 14.2 Å². The van der Waals surface area contributed by atoms with Gasteiger partial charge in [0.15, 0.2) is 0 Å². The lowest BCUT2D eigenvalue weighted by atomic mass is 10.00. The third kappa shape index (κ3) is 7.34. The molecule has 0 fully saturated rings. The first-order valence-corrected chi connectivity index (χ1v) is 11.8. The largest absolute Gasteiger partial charge is 0.491 e. The zero-order chi connectivity index (χ0) is 23.5. The molecule has 0 saturated heterocycles. The van der Waals surface area contributed by atoms with Crippen LogP contribution in [0.25, 0.3) is 17.2 Å². The van der Waals surface area contributed by atoms with Crippen LogP contribution in [-0.4, -0.2) is 57.2 Å². The van der Waals surface area contributed by atoms with E-state index < -0.39 is 5.97 Å². The molecular formula is C27H35NO5. The highest BCUT2D eigenvalue weighted by Crippen LogP contribution is 2.33. The Morgan fingerprint density at radius 2 is 1.76 bits per heavy atom. The third-order valence-corrected chi connectivity index (χ3v) is 5.66. The molecule has 0 radical (unpaired) electrons. The molecule has 0 spiro atoms. The molecule has 0 atom stereocenters. The molecule has 1 N–H and O–H groups in total. The number of hydrogen-bond acceptors (Lipinski definition) is 5. The van der Waals surface area contributed by atoms with Crippen molar-refractivity contribution in [2.45, 2.75) is 33.1 Å². The van der Waals surface area contributed by atoms with Crippen molar-refractivity contribution in [1.82, 2.24) is 0 Å². The van der Waals surface area contributed by atoms with Gasteiger partial charge in [-0.3, -0.25) is 0 Å². The van der Waals surface area contributed by atoms with Gasteiger partial charge in [-0.15, -0.1) is 0 Å². The number of carbonyl (C=O) groups is 1. The second kappa shape index (κ2) is 13.0. The summed E-state index contributed by atoms with van der Waals surface area (Å²) in [6.07, 6.45) is 4.50. The SMILES string of the molecule is CCCCOCCOc1ccc(-c2ccc3c(c2)C=C(C(=O)O)CCN3CCOCC)cc1. The highest BCUT2D eigenvalue weighted by molar-refractivity contribution is 5.94. The van der Waals surface area contributed by atoms with Gasteiger partial charge in [-0.25, -0.2) is 4.79 Å². The molecule has 0 saturated carbocycles. The van der Waals surface area contributed by atoms with Crippen molar-refractivity contribution in [2.24, 2.45) is 0 Å². The molecule has 0 amide bonds. The summed E-state index contributed by atoms with van der Waals surface area (Å²) in [5.74, 6) is -0.0547. The number of nitrogens with zero attached hydrogens (tertiary/aromatic N) is 1. The van der Waals surface area contributed by atoms with Crippen molar-refractivity contribution in [3.8, 4) is 16.9 Å². The van der Waals surface area contributed by atoms with Crippen LogP contribution in [0.3, 0.4) is 0 Å². The van der Waals surface area contributed by atoms with Crippen LogP contribution in [0, 0.1) is 0 Å². The van der Waals surface area contributed by atoms with Gasteiger partial charge in [0, 0.05) is 37.6 Å². The van der Waals surface area contributed by atoms with Crippen LogP contribution in [0.5, 0.6) is 5.75 Å². The van der Waals surface area contributed by atoms with E-state index in [0.29, 0.717) is 45.0 Å². The first kappa shape index (κ1) is 24.8. The lowest BCUT2D eigenvalue weighted by molar-refractivity contribution is -0.132. The number of aliphatic carboxylic acids is 1. The van der Waals surface area contributed by atoms with Crippen LogP contribution in [0.2, 0.25) is 0 Å². The van der Waals surface area contributed by atoms with Gasteiger partial charge in [-0.2, -0.15) is 0 Å². The summed E-state index contributed by atoms with van der Waals surface area (Å²) < 4.78 is 16.8. The number of unbranched alkanes of at least 4 members (excludes halogenated alkanes) is 1. The Labute approximate surface area is 196 Å². The molecule has 2 aromatic rings. The number of fused-ring (bicyclic) bond motifs is 1. The standard InChI is InChI=1S/C27H35NO5/c1-3-5-15-32-17-18-33-25-9-6-21(7-10-25)22-8-11-26-24(19-22)20-23(27(29)30)12-13-28(26)14-16-31-4-2/h6-11,19-20H,3-5,12-18H2,1-2H3,(H,29,30). The maximum absolute atomic E-state index is 11.7. The molecule has 0 bridgehead atoms. The van der Waals surface area contributed by atoms with Crippen molar-refractivity contribution >= 4 is 17.7 Å². The minimum atomic E-state index is -0.863. The summed E-state index contributed by atoms with van der Waals surface area (Å²) in [5, 5.41) is 9.60. The second-order valence-electron chi connectivity index (χ2n) is 8.02. The van der Waals surface area contributed by atoms with Gasteiger partial charge in [0.05, 0.1) is 13.2 Å². The predicted octanol–water partition coefficient (Wildman–Crippen LogP) is 5.26. The summed E-state index contributed by atoms with van der Waals surface area (Å²) in [4.78, 5) is 13.9. The molecule has 1 heterocycles. The molecule has 0 unspecified atom stereocenters. The molecule has 0 aromatic heterocycles. The summed E-state index contributed by atoms with van der Waals surface area (Å²) in [5.41, 5.74) is 4.48. The minimum absolute atomic E-state index is 0.428. The summed E-state index contributed by atoms with van der Waals surface area (Å²) in [7, 11) is 0. The van der Waals surface area contributed by atoms with Gasteiger partial charge in [-0.05, 0) is 66.8 Å². The number of hydrogen-bond donors (Lipinski definition) is 1. The Bertz CT molecular complexity index is 923. The number of ether oxygens (including phenoxy) is 3. The number of carboxylic acids is 1. The molecule has 33 heavy (non-hydrogen) atoms. The van der Waals surface area contributed by atoms with Gasteiger partial charge in [0.2, 0.25) is 0 Å². The number of carboxylic acid groups (broad SMARTS) is 1. The highest BCUT2D eigenvalue weighted by atomic mass is 16.5. The van der Waals surface area contributed by atoms with Crippen LogP contribution < -0.4 is 9.64 Å². The molecule has 3 rings (SSSR count). The Hall–Kier alpha value is -2.83. The molecule has 6 nitrogen and oxygen atoms in total. The highest BCUT2D eigenvalue weighted by Gasteiger charge is 2.19. The van der Waals surface area contributed by atoms with Crippen molar-refractivity contribution < 1.29 is 24.1 Å². The maximum Gasteiger partial charge on any atom is 0.331 e. The minimum Gasteiger partial charge on any atom is -0.491 e. The normalized spacial score (nSPS) is 13.3. The van der Waals surface area contributed by atoms with Crippen molar-refractivity contribution in [3.63, 3.8) is 0 Å². The quantitative estimate of drug-likeness (QED) is 0.417. The van der Waals surface area contributed by atoms with E-state index in [0.717, 1.165) is 54.1 Å². The van der Waals surface area contributed by atoms with Gasteiger partial charge in [-0.1, -0.05) is 31.5 Å². The fourth-order valence-corrected chi connectivity index (χ4v) is 3.80. The number of anilines is 1. The van der Waals surface area contributed by atoms with Gasteiger partial charge in [0.1, 0.15) is 12.4 Å². The fourth-order valence-electron chi connectivity index (χ4n) is 3.80. The molecular weight excluding hydrogens is 418 g/mol. The van der Waals surface area contributed by atoms with E-state index in [2.05, 4.69) is 30.0 Å². The first-order valence-electron chi connectivity index (χ1n) is 11.8. The van der Waals surface area contributed by atoms with Gasteiger partial charge < -0.3 is 24.2 Å². The Morgan fingerprint density at radius 1 is 0.970 bits per heavy atom. The third-order valence-electron chi connectivity index (χ3n) is 5.66. The van der Waals surface area contributed by atoms with Crippen LogP contribution in [-0.2, 0) is 14.3 Å². The maximum atomic E-state index is 11.7. The van der Waals surface area contributed by atoms with Crippen molar-refractivity contribution in [1.29, 1.82) is 0 Å². The predicted molar refractivity (Wildman–Crippen MR) is 132 cm³/mol. The molecule has 6 heteroatoms. The van der Waals surface area contributed by atoms with E-state index in [1.807, 2.05) is 31.2 Å². The van der Waals surface area contributed by atoms with E-state index in [-0.39, 0.29) is 0 Å². The van der Waals surface area contributed by atoms with E-state index in [9.17, 15) is 9.90 Å². The van der Waals surface area contributed by atoms with E-state index in [1.54, 1.807) is 6.08 Å². The molecule has 0 aliphatic carbocycles. The molecule has 2 aromatic carbocycles. The van der Waals surface area contributed by atoms with Crippen LogP contribution >= 0.6 is 0 Å². The van der Waals surface area contributed by atoms with E-state index >= 15 is 0 Å². The monoisotopic (exact) mass is 453 g/mol. The lowest BCUT2D eigenvalue weighted by Gasteiger charge is -2.25. The Balaban J connectivity index is 1.72. The molecule has 1 aliphatic rings. The lowest BCUT2D eigenvalue weighted by Crippen LogP contribution is -2.29. The van der Waals surface area contributed by atoms with Crippen LogP contribution in [0.1, 0.15) is 38.7 Å². The topological polar surface area (TPSA) is 68.2 Å². The van der Waals surface area contributed by atoms with Gasteiger partial charge >= 0.3 is 5.97 Å². The fraction of sp³-hybridized carbons (Fsp3) is 0.444. The van der Waals surface area contributed by atoms with E-state index in [1.165, 1.54) is 0 Å². The zero-order valence-corrected chi connectivity index (χ0v) is 19.7. The zero-order valence-electron chi connectivity index (χ0n) is 19.7. The van der Waals surface area contributed by atoms with Crippen LogP contribution in [0.4, 0.5) is 5.69 Å². The van der Waals surface area contributed by atoms with Gasteiger partial charge in [0.25, 0.3) is 0 Å². The first-order chi connectivity index (χ1) is 16.1. The van der Waals surface area contributed by atoms with Crippen LogP contribution in [0.15, 0.2) is 48.0 Å². The molecule has 1 aliphatic heterocycles. The van der Waals surface area contributed by atoms with Crippen molar-refractivity contribution in [2.75, 3.05) is 51.0 Å². The second-order valence-corrected chi connectivity index (χ2v) is 8.02. The average Bonchev–Trinajstić information content (AvgIpc) is 3.01. The number of benzene rings is 2.